The van der Waals surface area contributed by atoms with Crippen LogP contribution in [-0.2, 0) is 0 Å². The summed E-state index contributed by atoms with van der Waals surface area (Å²) >= 11 is 0. The van der Waals surface area contributed by atoms with Crippen molar-refractivity contribution in [1.29, 1.82) is 0 Å². The molecule has 0 rings (SSSR count). The van der Waals surface area contributed by atoms with Crippen LogP contribution in [0.15, 0.2) is 47.1 Å². The van der Waals surface area contributed by atoms with Gasteiger partial charge in [-0.15, -0.1) is 0 Å². The quantitative estimate of drug-likeness (QED) is 0.522. The minimum atomic E-state index is 1.10. The Morgan fingerprint density at radius 2 is 1.62 bits per heavy atom. The van der Waals surface area contributed by atoms with Gasteiger partial charge in [-0.3, -0.25) is 0 Å². The number of allylic oxidation sites excluding steroid dienone is 8. The van der Waals surface area contributed by atoms with Gasteiger partial charge in [-0.2, -0.15) is 0 Å². The highest BCUT2D eigenvalue weighted by molar-refractivity contribution is 5.37. The molecule has 0 N–H and O–H groups in total. The first-order valence-electron chi connectivity index (χ1n) is 6.27. The molecule has 0 aliphatic carbocycles. The van der Waals surface area contributed by atoms with E-state index in [9.17, 15) is 0 Å². The van der Waals surface area contributed by atoms with Gasteiger partial charge in [0.15, 0.2) is 0 Å². The summed E-state index contributed by atoms with van der Waals surface area (Å²) in [5.41, 5.74) is 4.04. The third-order valence-electron chi connectivity index (χ3n) is 2.32. The molecule has 0 saturated carbocycles. The van der Waals surface area contributed by atoms with Gasteiger partial charge >= 0.3 is 0 Å². The van der Waals surface area contributed by atoms with Gasteiger partial charge < -0.3 is 0 Å². The molecule has 0 atom stereocenters. The molecule has 0 aromatic heterocycles. The van der Waals surface area contributed by atoms with Crippen molar-refractivity contribution in [2.75, 3.05) is 0 Å². The predicted octanol–water partition coefficient (Wildman–Crippen LogP) is 5.84. The van der Waals surface area contributed by atoms with Crippen LogP contribution in [0.5, 0.6) is 0 Å². The predicted molar refractivity (Wildman–Crippen MR) is 77.7 cm³/mol. The summed E-state index contributed by atoms with van der Waals surface area (Å²) in [4.78, 5) is 0. The van der Waals surface area contributed by atoms with E-state index in [-0.39, 0.29) is 0 Å². The zero-order valence-corrected chi connectivity index (χ0v) is 12.1. The highest BCUT2D eigenvalue weighted by Crippen LogP contribution is 2.14. The maximum Gasteiger partial charge on any atom is -0.0376 e. The van der Waals surface area contributed by atoms with Gasteiger partial charge in [0.05, 0.1) is 0 Å². The fraction of sp³-hybridized carbons (Fsp3) is 0.500. The van der Waals surface area contributed by atoms with Crippen molar-refractivity contribution in [2.45, 2.75) is 54.9 Å². The Labute approximate surface area is 102 Å². The van der Waals surface area contributed by atoms with Gasteiger partial charge in [0.1, 0.15) is 0 Å². The second-order valence-electron chi connectivity index (χ2n) is 3.49. The van der Waals surface area contributed by atoms with Crippen LogP contribution in [0.2, 0.25) is 0 Å². The lowest BCUT2D eigenvalue weighted by Crippen LogP contribution is -1.83. The van der Waals surface area contributed by atoms with Crippen LogP contribution >= 0.6 is 0 Å². The Balaban J connectivity index is 0. The van der Waals surface area contributed by atoms with Crippen LogP contribution < -0.4 is 0 Å². The summed E-state index contributed by atoms with van der Waals surface area (Å²) in [6, 6.07) is 0. The maximum atomic E-state index is 2.17. The van der Waals surface area contributed by atoms with Crippen LogP contribution in [-0.4, -0.2) is 0 Å². The van der Waals surface area contributed by atoms with Crippen molar-refractivity contribution in [3.05, 3.63) is 47.1 Å². The van der Waals surface area contributed by atoms with Crippen LogP contribution in [0.3, 0.4) is 0 Å². The third-order valence-corrected chi connectivity index (χ3v) is 2.32. The van der Waals surface area contributed by atoms with Crippen LogP contribution in [0.1, 0.15) is 54.9 Å². The lowest BCUT2D eigenvalue weighted by atomic mass is 10.0. The Morgan fingerprint density at radius 1 is 1.06 bits per heavy atom. The fourth-order valence-electron chi connectivity index (χ4n) is 1.16. The van der Waals surface area contributed by atoms with Crippen molar-refractivity contribution in [1.82, 2.24) is 0 Å². The molecule has 0 heteroatoms. The number of hydrogen-bond acceptors (Lipinski definition) is 0. The van der Waals surface area contributed by atoms with Crippen molar-refractivity contribution in [3.63, 3.8) is 0 Å². The van der Waals surface area contributed by atoms with E-state index < -0.39 is 0 Å². The van der Waals surface area contributed by atoms with Crippen LogP contribution in [0, 0.1) is 0 Å². The topological polar surface area (TPSA) is 0 Å². The zero-order chi connectivity index (χ0) is 13.0. The first-order valence-corrected chi connectivity index (χ1v) is 6.27. The van der Waals surface area contributed by atoms with Gasteiger partial charge in [-0.25, -0.2) is 0 Å². The molecule has 16 heavy (non-hydrogen) atoms. The number of rotatable bonds is 4. The molecule has 0 amide bonds. The van der Waals surface area contributed by atoms with E-state index in [0.29, 0.717) is 0 Å². The van der Waals surface area contributed by atoms with Gasteiger partial charge in [0.25, 0.3) is 0 Å². The molecule has 0 aromatic rings. The average Bonchev–Trinajstić information content (AvgIpc) is 2.31. The van der Waals surface area contributed by atoms with Crippen molar-refractivity contribution < 1.29 is 0 Å². The van der Waals surface area contributed by atoms with Gasteiger partial charge in [-0.1, -0.05) is 51.2 Å². The van der Waals surface area contributed by atoms with Gasteiger partial charge in [0, 0.05) is 0 Å². The van der Waals surface area contributed by atoms with E-state index >= 15 is 0 Å². The third kappa shape index (κ3) is 8.28. The van der Waals surface area contributed by atoms with Crippen LogP contribution in [0.25, 0.3) is 0 Å². The Hall–Kier alpha value is -1.04. The maximum absolute atomic E-state index is 2.17. The van der Waals surface area contributed by atoms with E-state index in [0.717, 1.165) is 6.42 Å². The molecule has 0 bridgehead atoms. The minimum Gasteiger partial charge on any atom is -0.0874 e. The number of hydrogen-bond donors (Lipinski definition) is 0. The lowest BCUT2D eigenvalue weighted by molar-refractivity contribution is 1.22. The SMILES string of the molecule is CC.C\C=C/C(C)=C(C)/C(C)=C/C=C\CC. The van der Waals surface area contributed by atoms with Crippen molar-refractivity contribution >= 4 is 0 Å². The van der Waals surface area contributed by atoms with Crippen LogP contribution in [0.4, 0.5) is 0 Å². The molecule has 0 heterocycles. The summed E-state index contributed by atoms with van der Waals surface area (Å²) in [6.45, 7) is 14.7. The molecular formula is C16H28. The highest BCUT2D eigenvalue weighted by Gasteiger charge is 1.94. The van der Waals surface area contributed by atoms with E-state index in [2.05, 4.69) is 58.1 Å². The van der Waals surface area contributed by atoms with Crippen molar-refractivity contribution in [3.8, 4) is 0 Å². The molecule has 0 saturated heterocycles. The lowest BCUT2D eigenvalue weighted by Gasteiger charge is -2.03. The van der Waals surface area contributed by atoms with Crippen molar-refractivity contribution in [2.24, 2.45) is 0 Å². The summed E-state index contributed by atoms with van der Waals surface area (Å²) < 4.78 is 0. The smallest absolute Gasteiger partial charge is 0.0376 e. The zero-order valence-electron chi connectivity index (χ0n) is 12.1. The molecule has 0 nitrogen and oxygen atoms in total. The molecule has 0 radical (unpaired) electrons. The first-order chi connectivity index (χ1) is 7.63. The Bertz CT molecular complexity index is 272. The summed E-state index contributed by atoms with van der Waals surface area (Å²) in [5, 5.41) is 0. The van der Waals surface area contributed by atoms with Gasteiger partial charge in [0.2, 0.25) is 0 Å². The molecule has 0 aromatic carbocycles. The second-order valence-corrected chi connectivity index (χ2v) is 3.49. The van der Waals surface area contributed by atoms with Gasteiger partial charge in [-0.05, 0) is 50.8 Å². The van der Waals surface area contributed by atoms with E-state index in [4.69, 9.17) is 0 Å². The largest absolute Gasteiger partial charge is 0.0874 e. The molecule has 0 aliphatic rings. The summed E-state index contributed by atoms with van der Waals surface area (Å²) in [7, 11) is 0. The molecule has 0 aliphatic heterocycles. The molecule has 0 unspecified atom stereocenters. The minimum absolute atomic E-state index is 1.10. The van der Waals surface area contributed by atoms with E-state index in [1.54, 1.807) is 0 Å². The van der Waals surface area contributed by atoms with E-state index in [1.165, 1.54) is 16.7 Å². The molecule has 92 valence electrons. The molecule has 0 fully saturated rings. The second kappa shape index (κ2) is 12.0. The molecule has 0 spiro atoms. The summed E-state index contributed by atoms with van der Waals surface area (Å²) in [5.74, 6) is 0. The monoisotopic (exact) mass is 220 g/mol. The standard InChI is InChI=1S/C14H22.C2H6/c1-6-8-9-11-13(4)14(5)12(3)10-7-2;1-2/h7-11H,6H2,1-5H3;1-2H3/b9-8-,10-7-,13-11+,14-12+;. The highest BCUT2D eigenvalue weighted by atomic mass is 14.0. The Morgan fingerprint density at radius 3 is 2.06 bits per heavy atom. The Kier molecular flexibility index (Phi) is 13.1. The fourth-order valence-corrected chi connectivity index (χ4v) is 1.16. The van der Waals surface area contributed by atoms with E-state index in [1.807, 2.05) is 20.8 Å². The normalized spacial score (nSPS) is 13.8. The first kappa shape index (κ1) is 17.4. The average molecular weight is 220 g/mol. The summed E-state index contributed by atoms with van der Waals surface area (Å²) in [6.07, 6.45) is 11.8. The molecular weight excluding hydrogens is 192 g/mol.